The van der Waals surface area contributed by atoms with Gasteiger partial charge in [0.15, 0.2) is 0 Å². The van der Waals surface area contributed by atoms with Gasteiger partial charge in [-0.25, -0.2) is 4.68 Å². The molecule has 2 aromatic rings. The normalized spacial score (nSPS) is 10.8. The Labute approximate surface area is 130 Å². The van der Waals surface area contributed by atoms with E-state index in [2.05, 4.69) is 22.6 Å². The molecule has 1 aromatic carbocycles. The Kier molecular flexibility index (Phi) is 6.02. The molecule has 0 radical (unpaired) electrons. The molecule has 0 unspecified atom stereocenters. The van der Waals surface area contributed by atoms with Crippen molar-refractivity contribution < 1.29 is 4.74 Å². The molecule has 0 aliphatic rings. The van der Waals surface area contributed by atoms with Crippen molar-refractivity contribution in [2.24, 2.45) is 0 Å². The molecule has 21 heavy (non-hydrogen) atoms. The summed E-state index contributed by atoms with van der Waals surface area (Å²) in [5, 5.41) is 12.2. The number of rotatable bonds is 8. The van der Waals surface area contributed by atoms with Crippen molar-refractivity contribution in [1.82, 2.24) is 20.3 Å². The van der Waals surface area contributed by atoms with Crippen LogP contribution in [-0.2, 0) is 13.1 Å². The summed E-state index contributed by atoms with van der Waals surface area (Å²) >= 11 is 5.92. The van der Waals surface area contributed by atoms with Crippen molar-refractivity contribution in [3.05, 3.63) is 40.7 Å². The van der Waals surface area contributed by atoms with Gasteiger partial charge in [0, 0.05) is 17.8 Å². The van der Waals surface area contributed by atoms with Gasteiger partial charge in [-0.15, -0.1) is 5.10 Å². The monoisotopic (exact) mass is 308 g/mol. The number of nitrogens with one attached hydrogen (secondary N) is 1. The second kappa shape index (κ2) is 8.00. The van der Waals surface area contributed by atoms with Crippen LogP contribution in [-0.4, -0.2) is 28.1 Å². The zero-order chi connectivity index (χ0) is 15.1. The maximum Gasteiger partial charge on any atom is 0.122 e. The molecule has 0 atom stereocenters. The zero-order valence-corrected chi connectivity index (χ0v) is 13.2. The van der Waals surface area contributed by atoms with E-state index in [1.54, 1.807) is 4.68 Å². The Hall–Kier alpha value is -1.59. The fraction of sp³-hybridized carbons (Fsp3) is 0.467. The van der Waals surface area contributed by atoms with Gasteiger partial charge in [-0.05, 0) is 43.7 Å². The first-order valence-electron chi connectivity index (χ1n) is 7.17. The van der Waals surface area contributed by atoms with E-state index in [1.807, 2.05) is 31.3 Å². The average Bonchev–Trinajstić information content (AvgIpc) is 2.89. The summed E-state index contributed by atoms with van der Waals surface area (Å²) in [5.41, 5.74) is 1.98. The summed E-state index contributed by atoms with van der Waals surface area (Å²) in [6.07, 6.45) is 3.06. The highest BCUT2D eigenvalue weighted by Gasteiger charge is 2.03. The van der Waals surface area contributed by atoms with Gasteiger partial charge in [0.05, 0.1) is 12.2 Å². The van der Waals surface area contributed by atoms with Crippen LogP contribution in [0.15, 0.2) is 24.4 Å². The van der Waals surface area contributed by atoms with Crippen LogP contribution in [0.2, 0.25) is 5.02 Å². The molecule has 6 heteroatoms. The van der Waals surface area contributed by atoms with Crippen LogP contribution < -0.4 is 10.1 Å². The molecule has 114 valence electrons. The van der Waals surface area contributed by atoms with Gasteiger partial charge in [0.2, 0.25) is 0 Å². The standard InChI is InChI=1S/C15H21ClN4O/c1-3-6-17-10-14-11-20(19-18-14)7-8-21-15-5-4-13(16)9-12(15)2/h4-5,9,11,17H,3,6-8,10H2,1-2H3. The Morgan fingerprint density at radius 2 is 2.24 bits per heavy atom. The van der Waals surface area contributed by atoms with E-state index in [0.29, 0.717) is 13.2 Å². The number of aryl methyl sites for hydroxylation is 1. The van der Waals surface area contributed by atoms with E-state index in [-0.39, 0.29) is 0 Å². The number of nitrogens with zero attached hydrogens (tertiary/aromatic N) is 3. The SMILES string of the molecule is CCCNCc1cn(CCOc2ccc(Cl)cc2C)nn1. The number of ether oxygens (including phenoxy) is 1. The third-order valence-electron chi connectivity index (χ3n) is 3.03. The minimum atomic E-state index is 0.549. The van der Waals surface area contributed by atoms with Crippen molar-refractivity contribution >= 4 is 11.6 Å². The van der Waals surface area contributed by atoms with Crippen molar-refractivity contribution in [3.63, 3.8) is 0 Å². The molecule has 0 amide bonds. The summed E-state index contributed by atoms with van der Waals surface area (Å²) in [4.78, 5) is 0. The van der Waals surface area contributed by atoms with Crippen LogP contribution in [0, 0.1) is 6.92 Å². The van der Waals surface area contributed by atoms with Gasteiger partial charge in [-0.3, -0.25) is 0 Å². The number of aromatic nitrogens is 3. The molecule has 0 bridgehead atoms. The van der Waals surface area contributed by atoms with E-state index in [1.165, 1.54) is 0 Å². The molecule has 1 heterocycles. The third kappa shape index (κ3) is 5.02. The van der Waals surface area contributed by atoms with E-state index in [0.717, 1.165) is 41.5 Å². The highest BCUT2D eigenvalue weighted by atomic mass is 35.5. The molecule has 5 nitrogen and oxygen atoms in total. The molecule has 2 rings (SSSR count). The fourth-order valence-corrected chi connectivity index (χ4v) is 2.17. The lowest BCUT2D eigenvalue weighted by Crippen LogP contribution is -2.14. The van der Waals surface area contributed by atoms with Crippen LogP contribution in [0.4, 0.5) is 0 Å². The molecule has 1 aromatic heterocycles. The van der Waals surface area contributed by atoms with Gasteiger partial charge in [-0.2, -0.15) is 0 Å². The first-order chi connectivity index (χ1) is 10.2. The van der Waals surface area contributed by atoms with Crippen LogP contribution in [0.5, 0.6) is 5.75 Å². The van der Waals surface area contributed by atoms with Crippen LogP contribution in [0.25, 0.3) is 0 Å². The molecule has 0 saturated carbocycles. The smallest absolute Gasteiger partial charge is 0.122 e. The summed E-state index contributed by atoms with van der Waals surface area (Å²) in [6, 6.07) is 5.61. The molecule has 0 aliphatic carbocycles. The van der Waals surface area contributed by atoms with Crippen molar-refractivity contribution in [1.29, 1.82) is 0 Å². The third-order valence-corrected chi connectivity index (χ3v) is 3.27. The predicted octanol–water partition coefficient (Wildman–Crippen LogP) is 2.82. The summed E-state index contributed by atoms with van der Waals surface area (Å²) in [7, 11) is 0. The molecular formula is C15H21ClN4O. The molecule has 0 spiro atoms. The molecule has 0 fully saturated rings. The second-order valence-corrected chi connectivity index (χ2v) is 5.34. The van der Waals surface area contributed by atoms with E-state index in [9.17, 15) is 0 Å². The minimum Gasteiger partial charge on any atom is -0.491 e. The molecule has 0 saturated heterocycles. The van der Waals surface area contributed by atoms with E-state index < -0.39 is 0 Å². The van der Waals surface area contributed by atoms with Crippen molar-refractivity contribution in [2.45, 2.75) is 33.4 Å². The van der Waals surface area contributed by atoms with Gasteiger partial charge >= 0.3 is 0 Å². The van der Waals surface area contributed by atoms with E-state index >= 15 is 0 Å². The number of hydrogen-bond donors (Lipinski definition) is 1. The molecule has 1 N–H and O–H groups in total. The maximum atomic E-state index is 5.92. The largest absolute Gasteiger partial charge is 0.491 e. The van der Waals surface area contributed by atoms with Crippen molar-refractivity contribution in [2.75, 3.05) is 13.2 Å². The Morgan fingerprint density at radius 1 is 1.38 bits per heavy atom. The quantitative estimate of drug-likeness (QED) is 0.762. The Morgan fingerprint density at radius 3 is 3.00 bits per heavy atom. The molecular weight excluding hydrogens is 288 g/mol. The van der Waals surface area contributed by atoms with Gasteiger partial charge in [0.25, 0.3) is 0 Å². The number of halogens is 1. The van der Waals surface area contributed by atoms with E-state index in [4.69, 9.17) is 16.3 Å². The lowest BCUT2D eigenvalue weighted by Gasteiger charge is -2.08. The maximum absolute atomic E-state index is 5.92. The minimum absolute atomic E-state index is 0.549. The number of hydrogen-bond acceptors (Lipinski definition) is 4. The Bertz CT molecular complexity index is 571. The average molecular weight is 309 g/mol. The van der Waals surface area contributed by atoms with Crippen molar-refractivity contribution in [3.8, 4) is 5.75 Å². The first kappa shape index (κ1) is 15.8. The lowest BCUT2D eigenvalue weighted by molar-refractivity contribution is 0.288. The first-order valence-corrected chi connectivity index (χ1v) is 7.55. The van der Waals surface area contributed by atoms with Crippen LogP contribution in [0.3, 0.4) is 0 Å². The summed E-state index contributed by atoms with van der Waals surface area (Å²) in [6.45, 7) is 7.08. The zero-order valence-electron chi connectivity index (χ0n) is 12.5. The highest BCUT2D eigenvalue weighted by molar-refractivity contribution is 6.30. The van der Waals surface area contributed by atoms with Gasteiger partial charge in [0.1, 0.15) is 12.4 Å². The second-order valence-electron chi connectivity index (χ2n) is 4.91. The number of benzene rings is 1. The topological polar surface area (TPSA) is 52.0 Å². The Balaban J connectivity index is 1.78. The lowest BCUT2D eigenvalue weighted by atomic mass is 10.2. The van der Waals surface area contributed by atoms with Crippen LogP contribution >= 0.6 is 11.6 Å². The molecule has 0 aliphatic heterocycles. The van der Waals surface area contributed by atoms with Gasteiger partial charge in [-0.1, -0.05) is 23.7 Å². The highest BCUT2D eigenvalue weighted by Crippen LogP contribution is 2.21. The predicted molar refractivity (Wildman–Crippen MR) is 83.7 cm³/mol. The summed E-state index contributed by atoms with van der Waals surface area (Å²) < 4.78 is 7.54. The fourth-order valence-electron chi connectivity index (χ4n) is 1.95. The van der Waals surface area contributed by atoms with Gasteiger partial charge < -0.3 is 10.1 Å². The summed E-state index contributed by atoms with van der Waals surface area (Å²) in [5.74, 6) is 0.851. The van der Waals surface area contributed by atoms with Crippen LogP contribution in [0.1, 0.15) is 24.6 Å².